The Bertz CT molecular complexity index is 970. The molecule has 0 saturated carbocycles. The molecule has 2 aromatic carbocycles. The number of nitrogens with one attached hydrogen (secondary N) is 1. The Hall–Kier alpha value is -2.86. The fraction of sp³-hybridized carbons (Fsp3) is 0.292. The highest BCUT2D eigenvalue weighted by atomic mass is 32.2. The first-order valence-corrected chi connectivity index (χ1v) is 11.1. The van der Waals surface area contributed by atoms with Gasteiger partial charge >= 0.3 is 0 Å². The summed E-state index contributed by atoms with van der Waals surface area (Å²) in [4.78, 5) is 25.2. The van der Waals surface area contributed by atoms with Gasteiger partial charge in [-0.15, -0.1) is 0 Å². The van der Waals surface area contributed by atoms with Gasteiger partial charge in [0.15, 0.2) is 5.82 Å². The number of aromatic nitrogens is 2. The average molecular weight is 419 g/mol. The van der Waals surface area contributed by atoms with Gasteiger partial charge in [0, 0.05) is 42.8 Å². The molecule has 30 heavy (non-hydrogen) atoms. The third-order valence-corrected chi connectivity index (χ3v) is 6.35. The van der Waals surface area contributed by atoms with Crippen LogP contribution in [0.3, 0.4) is 0 Å². The fourth-order valence-electron chi connectivity index (χ4n) is 3.61. The largest absolute Gasteiger partial charge is 0.354 e. The van der Waals surface area contributed by atoms with E-state index in [2.05, 4.69) is 51.4 Å². The van der Waals surface area contributed by atoms with Crippen molar-refractivity contribution in [3.63, 3.8) is 0 Å². The molecule has 0 bridgehead atoms. The van der Waals surface area contributed by atoms with Gasteiger partial charge in [0.25, 0.3) is 0 Å². The first-order valence-electron chi connectivity index (χ1n) is 10.3. The number of amides is 1. The predicted molar refractivity (Wildman–Crippen MR) is 121 cm³/mol. The van der Waals surface area contributed by atoms with Crippen LogP contribution in [0.15, 0.2) is 76.9 Å². The molecule has 3 aromatic rings. The number of hydrogen-bond acceptors (Lipinski definition) is 5. The van der Waals surface area contributed by atoms with Crippen molar-refractivity contribution in [2.75, 3.05) is 18.0 Å². The molecule has 0 unspecified atom stereocenters. The van der Waals surface area contributed by atoms with E-state index < -0.39 is 0 Å². The molecule has 1 aliphatic rings. The molecular weight excluding hydrogens is 392 g/mol. The van der Waals surface area contributed by atoms with Crippen molar-refractivity contribution in [1.29, 1.82) is 0 Å². The molecule has 5 nitrogen and oxygen atoms in total. The molecule has 1 fully saturated rings. The third kappa shape index (κ3) is 5.19. The first-order chi connectivity index (χ1) is 14.7. The van der Waals surface area contributed by atoms with Crippen molar-refractivity contribution in [2.45, 2.75) is 36.2 Å². The van der Waals surface area contributed by atoms with Gasteiger partial charge in [-0.3, -0.25) is 4.79 Å². The van der Waals surface area contributed by atoms with E-state index in [1.807, 2.05) is 30.3 Å². The number of rotatable bonds is 6. The molecule has 154 valence electrons. The highest BCUT2D eigenvalue weighted by Gasteiger charge is 2.27. The van der Waals surface area contributed by atoms with Crippen molar-refractivity contribution in [3.8, 4) is 0 Å². The van der Waals surface area contributed by atoms with E-state index in [1.165, 1.54) is 5.56 Å². The standard InChI is InChI=1S/C24H26N4OS/c1-18-7-9-21(10-8-18)30-24-22(25-13-14-26-24)28-15-11-20(12-16-28)23(29)27-17-19-5-3-2-4-6-19/h2-10,13-14,20H,11-12,15-17H2,1H3,(H,27,29). The van der Waals surface area contributed by atoms with Crippen LogP contribution in [0, 0.1) is 12.8 Å². The molecule has 4 rings (SSSR count). The highest BCUT2D eigenvalue weighted by Crippen LogP contribution is 2.34. The molecule has 6 heteroatoms. The molecule has 1 saturated heterocycles. The van der Waals surface area contributed by atoms with E-state index in [9.17, 15) is 4.79 Å². The first kappa shape index (κ1) is 20.4. The summed E-state index contributed by atoms with van der Waals surface area (Å²) in [5.41, 5.74) is 2.37. The van der Waals surface area contributed by atoms with Crippen molar-refractivity contribution >= 4 is 23.5 Å². The Morgan fingerprint density at radius 3 is 2.47 bits per heavy atom. The zero-order valence-electron chi connectivity index (χ0n) is 17.1. The van der Waals surface area contributed by atoms with Gasteiger partial charge in [-0.25, -0.2) is 9.97 Å². The van der Waals surface area contributed by atoms with Gasteiger partial charge in [-0.2, -0.15) is 0 Å². The maximum Gasteiger partial charge on any atom is 0.223 e. The minimum atomic E-state index is 0.0508. The summed E-state index contributed by atoms with van der Waals surface area (Å²) in [5, 5.41) is 3.99. The third-order valence-electron chi connectivity index (χ3n) is 5.36. The van der Waals surface area contributed by atoms with Crippen LogP contribution in [0.25, 0.3) is 0 Å². The Kier molecular flexibility index (Phi) is 6.64. The second-order valence-electron chi connectivity index (χ2n) is 7.56. The molecule has 1 amide bonds. The van der Waals surface area contributed by atoms with Gasteiger partial charge in [0.2, 0.25) is 5.91 Å². The number of hydrogen-bond donors (Lipinski definition) is 1. The van der Waals surface area contributed by atoms with Crippen LogP contribution in [0.1, 0.15) is 24.0 Å². The van der Waals surface area contributed by atoms with E-state index in [0.717, 1.165) is 47.2 Å². The van der Waals surface area contributed by atoms with E-state index in [1.54, 1.807) is 24.2 Å². The molecule has 1 N–H and O–H groups in total. The van der Waals surface area contributed by atoms with E-state index in [0.29, 0.717) is 6.54 Å². The topological polar surface area (TPSA) is 58.1 Å². The Labute approximate surface area is 181 Å². The second kappa shape index (κ2) is 9.76. The zero-order valence-corrected chi connectivity index (χ0v) is 17.9. The van der Waals surface area contributed by atoms with Gasteiger partial charge in [0.05, 0.1) is 0 Å². The molecule has 0 spiro atoms. The second-order valence-corrected chi connectivity index (χ2v) is 8.63. The van der Waals surface area contributed by atoms with Crippen LogP contribution in [-0.4, -0.2) is 29.0 Å². The summed E-state index contributed by atoms with van der Waals surface area (Å²) < 4.78 is 0. The van der Waals surface area contributed by atoms with E-state index in [-0.39, 0.29) is 11.8 Å². The Balaban J connectivity index is 1.35. The van der Waals surface area contributed by atoms with Gasteiger partial charge in [0.1, 0.15) is 5.03 Å². The molecule has 0 aliphatic carbocycles. The summed E-state index contributed by atoms with van der Waals surface area (Å²) in [5.74, 6) is 1.10. The SMILES string of the molecule is Cc1ccc(Sc2nccnc2N2CCC(C(=O)NCc3ccccc3)CC2)cc1. The van der Waals surface area contributed by atoms with Gasteiger partial charge < -0.3 is 10.2 Å². The predicted octanol–water partition coefficient (Wildman–Crippen LogP) is 4.47. The lowest BCUT2D eigenvalue weighted by Crippen LogP contribution is -2.40. The summed E-state index contributed by atoms with van der Waals surface area (Å²) in [6.07, 6.45) is 5.13. The number of carbonyl (C=O) groups is 1. The average Bonchev–Trinajstić information content (AvgIpc) is 2.80. The number of aryl methyl sites for hydroxylation is 1. The molecular formula is C24H26N4OS. The highest BCUT2D eigenvalue weighted by molar-refractivity contribution is 7.99. The molecule has 2 heterocycles. The van der Waals surface area contributed by atoms with Crippen LogP contribution in [0.4, 0.5) is 5.82 Å². The maximum atomic E-state index is 12.6. The number of anilines is 1. The molecule has 1 aromatic heterocycles. The monoisotopic (exact) mass is 418 g/mol. The Morgan fingerprint density at radius 1 is 1.03 bits per heavy atom. The number of piperidine rings is 1. The van der Waals surface area contributed by atoms with E-state index >= 15 is 0 Å². The van der Waals surface area contributed by atoms with Crippen molar-refractivity contribution in [3.05, 3.63) is 78.1 Å². The van der Waals surface area contributed by atoms with Crippen LogP contribution in [0.2, 0.25) is 0 Å². The van der Waals surface area contributed by atoms with Crippen LogP contribution < -0.4 is 10.2 Å². The molecule has 1 aliphatic heterocycles. The van der Waals surface area contributed by atoms with Crippen molar-refractivity contribution in [1.82, 2.24) is 15.3 Å². The van der Waals surface area contributed by atoms with E-state index in [4.69, 9.17) is 0 Å². The number of benzene rings is 2. The molecule has 0 atom stereocenters. The summed E-state index contributed by atoms with van der Waals surface area (Å²) in [6.45, 7) is 4.29. The lowest BCUT2D eigenvalue weighted by Gasteiger charge is -2.32. The fourth-order valence-corrected chi connectivity index (χ4v) is 4.49. The number of nitrogens with zero attached hydrogens (tertiary/aromatic N) is 3. The van der Waals surface area contributed by atoms with Gasteiger partial charge in [-0.05, 0) is 37.5 Å². The van der Waals surface area contributed by atoms with Crippen LogP contribution in [0.5, 0.6) is 0 Å². The maximum absolute atomic E-state index is 12.6. The van der Waals surface area contributed by atoms with Crippen LogP contribution in [-0.2, 0) is 11.3 Å². The van der Waals surface area contributed by atoms with Crippen LogP contribution >= 0.6 is 11.8 Å². The number of carbonyl (C=O) groups excluding carboxylic acids is 1. The summed E-state index contributed by atoms with van der Waals surface area (Å²) >= 11 is 1.63. The lowest BCUT2D eigenvalue weighted by molar-refractivity contribution is -0.125. The quantitative estimate of drug-likeness (QED) is 0.640. The minimum absolute atomic E-state index is 0.0508. The lowest BCUT2D eigenvalue weighted by atomic mass is 9.96. The smallest absolute Gasteiger partial charge is 0.223 e. The van der Waals surface area contributed by atoms with Gasteiger partial charge in [-0.1, -0.05) is 59.8 Å². The normalized spacial score (nSPS) is 14.5. The van der Waals surface area contributed by atoms with Crippen molar-refractivity contribution in [2.24, 2.45) is 5.92 Å². The minimum Gasteiger partial charge on any atom is -0.354 e. The summed E-state index contributed by atoms with van der Waals surface area (Å²) in [7, 11) is 0. The summed E-state index contributed by atoms with van der Waals surface area (Å²) in [6, 6.07) is 18.5. The van der Waals surface area contributed by atoms with Crippen molar-refractivity contribution < 1.29 is 4.79 Å². The molecule has 0 radical (unpaired) electrons. The Morgan fingerprint density at radius 2 is 1.73 bits per heavy atom. The zero-order chi connectivity index (χ0) is 20.8.